The first-order valence-electron chi connectivity index (χ1n) is 14.6. The van der Waals surface area contributed by atoms with Crippen LogP contribution in [0.25, 0.3) is 0 Å². The van der Waals surface area contributed by atoms with Crippen LogP contribution in [0, 0.1) is 5.92 Å². The van der Waals surface area contributed by atoms with Crippen LogP contribution in [0.3, 0.4) is 0 Å². The molecule has 3 fully saturated rings. The van der Waals surface area contributed by atoms with Crippen LogP contribution in [0.4, 0.5) is 4.79 Å². The Kier molecular flexibility index (Phi) is 7.78. The van der Waals surface area contributed by atoms with E-state index in [0.29, 0.717) is 38.4 Å². The molecule has 2 N–H and O–H groups in total. The topological polar surface area (TPSA) is 117 Å². The predicted octanol–water partition coefficient (Wildman–Crippen LogP) is 3.95. The van der Waals surface area contributed by atoms with Crippen molar-refractivity contribution in [3.63, 3.8) is 0 Å². The molecule has 3 saturated heterocycles. The molecule has 0 unspecified atom stereocenters. The number of amides is 2. The van der Waals surface area contributed by atoms with Crippen LogP contribution < -0.4 is 11.2 Å². The fourth-order valence-corrected chi connectivity index (χ4v) is 6.87. The lowest BCUT2D eigenvalue weighted by Crippen LogP contribution is -2.69. The molecule has 10 nitrogen and oxygen atoms in total. The Balaban J connectivity index is 1.28. The number of carbonyl (C=O) groups excluding carboxylic acids is 1. The van der Waals surface area contributed by atoms with Crippen LogP contribution in [0.15, 0.2) is 76.3 Å². The summed E-state index contributed by atoms with van der Waals surface area (Å²) in [6.07, 6.45) is 0.529. The lowest BCUT2D eigenvalue weighted by Gasteiger charge is -2.55. The van der Waals surface area contributed by atoms with Crippen molar-refractivity contribution >= 4 is 6.03 Å². The Bertz CT molecular complexity index is 1480. The SMILES string of the molecule is C[C@H]1[C@@H](OCc2ccccc2)C[C@@H]2C[C@@H]3[C@@H](c4cc(=O)[nH]c(=O)[nH]4)OC(C)(C)N3C(=O)N2[C@@H]1COCc1ccccc1. The summed E-state index contributed by atoms with van der Waals surface area (Å²) in [5.74, 6) is 0.0210. The third kappa shape index (κ3) is 5.54. The summed E-state index contributed by atoms with van der Waals surface area (Å²) in [5.41, 5.74) is 0.485. The van der Waals surface area contributed by atoms with Crippen LogP contribution in [-0.2, 0) is 27.4 Å². The summed E-state index contributed by atoms with van der Waals surface area (Å²) in [4.78, 5) is 47.3. The lowest BCUT2D eigenvalue weighted by molar-refractivity contribution is -0.116. The Morgan fingerprint density at radius 3 is 2.26 bits per heavy atom. The monoisotopic (exact) mass is 574 g/mol. The fourth-order valence-electron chi connectivity index (χ4n) is 6.87. The van der Waals surface area contributed by atoms with E-state index in [0.717, 1.165) is 11.1 Å². The number of aromatic nitrogens is 2. The van der Waals surface area contributed by atoms with E-state index in [-0.39, 0.29) is 36.2 Å². The van der Waals surface area contributed by atoms with Gasteiger partial charge in [-0.25, -0.2) is 9.59 Å². The zero-order chi connectivity index (χ0) is 29.4. The van der Waals surface area contributed by atoms with Gasteiger partial charge in [0, 0.05) is 18.0 Å². The van der Waals surface area contributed by atoms with E-state index in [9.17, 15) is 14.4 Å². The highest BCUT2D eigenvalue weighted by Gasteiger charge is 2.59. The van der Waals surface area contributed by atoms with Gasteiger partial charge in [0.25, 0.3) is 5.56 Å². The molecule has 0 saturated carbocycles. The molecular formula is C32H38N4O6. The van der Waals surface area contributed by atoms with E-state index < -0.39 is 23.1 Å². The van der Waals surface area contributed by atoms with Crippen LogP contribution in [-0.4, -0.2) is 62.4 Å². The maximum atomic E-state index is 14.4. The molecule has 222 valence electrons. The van der Waals surface area contributed by atoms with Crippen molar-refractivity contribution in [2.45, 2.75) is 82.9 Å². The zero-order valence-corrected chi connectivity index (χ0v) is 24.2. The summed E-state index contributed by atoms with van der Waals surface area (Å²) in [6, 6.07) is 20.6. The van der Waals surface area contributed by atoms with Gasteiger partial charge >= 0.3 is 11.7 Å². The fraction of sp³-hybridized carbons (Fsp3) is 0.469. The number of hydrogen-bond donors (Lipinski definition) is 2. The van der Waals surface area contributed by atoms with Crippen LogP contribution in [0.5, 0.6) is 0 Å². The van der Waals surface area contributed by atoms with E-state index in [1.165, 1.54) is 6.07 Å². The molecule has 0 aliphatic carbocycles. The third-order valence-corrected chi connectivity index (χ3v) is 8.86. The molecule has 42 heavy (non-hydrogen) atoms. The van der Waals surface area contributed by atoms with Gasteiger partial charge in [0.15, 0.2) is 0 Å². The highest BCUT2D eigenvalue weighted by molar-refractivity contribution is 5.78. The average Bonchev–Trinajstić information content (AvgIpc) is 3.24. The second kappa shape index (κ2) is 11.5. The molecule has 0 bridgehead atoms. The second-order valence-electron chi connectivity index (χ2n) is 12.0. The number of aromatic amines is 2. The maximum absolute atomic E-state index is 14.4. The maximum Gasteiger partial charge on any atom is 0.325 e. The van der Waals surface area contributed by atoms with Crippen molar-refractivity contribution in [3.05, 3.63) is 104 Å². The number of nitrogens with one attached hydrogen (secondary N) is 2. The number of carbonyl (C=O) groups is 1. The lowest BCUT2D eigenvalue weighted by atomic mass is 9.80. The molecule has 1 aromatic heterocycles. The quantitative estimate of drug-likeness (QED) is 0.421. The third-order valence-electron chi connectivity index (χ3n) is 8.86. The molecule has 3 aliphatic rings. The standard InChI is InChI=1S/C32H38N4O6/c1-20-26(19-40-17-21-10-6-4-7-11-21)35-23(15-27(20)41-18-22-12-8-5-9-13-22)14-25-29(24-16-28(37)34-30(38)33-24)42-32(2,3)36(25)31(35)39/h4-13,16,20,23,25-27,29H,14-15,17-19H2,1-3H3,(H2,33,34,37,38)/t20-,23+,25-,26-,27+,29-/m1/s1. The summed E-state index contributed by atoms with van der Waals surface area (Å²) in [7, 11) is 0. The van der Waals surface area contributed by atoms with Gasteiger partial charge in [0.1, 0.15) is 11.8 Å². The Labute approximate surface area is 244 Å². The van der Waals surface area contributed by atoms with Gasteiger partial charge in [-0.15, -0.1) is 0 Å². The van der Waals surface area contributed by atoms with E-state index in [1.807, 2.05) is 79.4 Å². The van der Waals surface area contributed by atoms with Gasteiger partial charge in [-0.05, 0) is 37.8 Å². The van der Waals surface area contributed by atoms with Crippen molar-refractivity contribution in [2.24, 2.45) is 5.92 Å². The Hall–Kier alpha value is -3.73. The molecule has 6 atom stereocenters. The summed E-state index contributed by atoms with van der Waals surface area (Å²) < 4.78 is 19.2. The molecule has 0 radical (unpaired) electrons. The number of benzene rings is 2. The van der Waals surface area contributed by atoms with Crippen molar-refractivity contribution in [2.75, 3.05) is 6.61 Å². The first-order chi connectivity index (χ1) is 20.2. The number of fused-ring (bicyclic) bond motifs is 2. The van der Waals surface area contributed by atoms with Gasteiger partial charge in [-0.2, -0.15) is 0 Å². The summed E-state index contributed by atoms with van der Waals surface area (Å²) in [6.45, 7) is 7.14. The number of urea groups is 1. The minimum absolute atomic E-state index is 0.0210. The van der Waals surface area contributed by atoms with Gasteiger partial charge in [-0.1, -0.05) is 67.6 Å². The van der Waals surface area contributed by atoms with Gasteiger partial charge in [-0.3, -0.25) is 14.7 Å². The molecular weight excluding hydrogens is 536 g/mol. The number of hydrogen-bond acceptors (Lipinski definition) is 6. The van der Waals surface area contributed by atoms with Crippen LogP contribution >= 0.6 is 0 Å². The molecule has 4 heterocycles. The molecule has 3 aromatic rings. The van der Waals surface area contributed by atoms with Crippen molar-refractivity contribution in [3.8, 4) is 0 Å². The molecule has 10 heteroatoms. The number of rotatable bonds is 8. The predicted molar refractivity (Wildman–Crippen MR) is 156 cm³/mol. The van der Waals surface area contributed by atoms with Crippen LogP contribution in [0.2, 0.25) is 0 Å². The Morgan fingerprint density at radius 2 is 1.60 bits per heavy atom. The minimum Gasteiger partial charge on any atom is -0.375 e. The largest absolute Gasteiger partial charge is 0.375 e. The van der Waals surface area contributed by atoms with Crippen molar-refractivity contribution in [1.29, 1.82) is 0 Å². The number of piperidine rings is 1. The minimum atomic E-state index is -0.948. The molecule has 2 amide bonds. The number of ether oxygens (including phenoxy) is 3. The molecule has 2 aromatic carbocycles. The highest BCUT2D eigenvalue weighted by Crippen LogP contribution is 2.48. The highest BCUT2D eigenvalue weighted by atomic mass is 16.5. The summed E-state index contributed by atoms with van der Waals surface area (Å²) >= 11 is 0. The Morgan fingerprint density at radius 1 is 0.929 bits per heavy atom. The van der Waals surface area contributed by atoms with E-state index >= 15 is 0 Å². The zero-order valence-electron chi connectivity index (χ0n) is 24.2. The van der Waals surface area contributed by atoms with Gasteiger partial charge in [0.05, 0.1) is 43.7 Å². The van der Waals surface area contributed by atoms with Crippen molar-refractivity contribution < 1.29 is 19.0 Å². The number of nitrogens with zero attached hydrogens (tertiary/aromatic N) is 2. The van der Waals surface area contributed by atoms with E-state index in [2.05, 4.69) is 16.9 Å². The van der Waals surface area contributed by atoms with Gasteiger partial charge < -0.3 is 24.1 Å². The van der Waals surface area contributed by atoms with Gasteiger partial charge in [0.2, 0.25) is 0 Å². The molecule has 6 rings (SSSR count). The second-order valence-corrected chi connectivity index (χ2v) is 12.0. The smallest absolute Gasteiger partial charge is 0.325 e. The molecule has 0 spiro atoms. The van der Waals surface area contributed by atoms with E-state index in [4.69, 9.17) is 14.2 Å². The first kappa shape index (κ1) is 28.4. The average molecular weight is 575 g/mol. The number of H-pyrrole nitrogens is 2. The molecule has 3 aliphatic heterocycles. The summed E-state index contributed by atoms with van der Waals surface area (Å²) in [5, 5.41) is 0. The van der Waals surface area contributed by atoms with Crippen LogP contribution in [0.1, 0.15) is 56.5 Å². The van der Waals surface area contributed by atoms with E-state index in [1.54, 1.807) is 4.90 Å². The normalized spacial score (nSPS) is 28.4. The first-order valence-corrected chi connectivity index (χ1v) is 14.6. The van der Waals surface area contributed by atoms with Crippen molar-refractivity contribution in [1.82, 2.24) is 19.8 Å².